The molecule has 2 rings (SSSR count). The third-order valence-electron chi connectivity index (χ3n) is 4.90. The van der Waals surface area contributed by atoms with Gasteiger partial charge >= 0.3 is 13.6 Å². The van der Waals surface area contributed by atoms with Crippen molar-refractivity contribution in [1.82, 2.24) is 5.32 Å². The smallest absolute Gasteiger partial charge is 0.335 e. The van der Waals surface area contributed by atoms with Crippen LogP contribution in [0.3, 0.4) is 0 Å². The predicted molar refractivity (Wildman–Crippen MR) is 120 cm³/mol. The van der Waals surface area contributed by atoms with Crippen LogP contribution in [0.25, 0.3) is 0 Å². The zero-order valence-corrected chi connectivity index (χ0v) is 19.3. The van der Waals surface area contributed by atoms with Crippen LogP contribution >= 0.6 is 7.60 Å². The molecule has 0 aliphatic heterocycles. The Hall–Kier alpha value is -2.47. The molecule has 0 aliphatic rings. The maximum atomic E-state index is 12.7. The molecule has 0 unspecified atom stereocenters. The van der Waals surface area contributed by atoms with Crippen LogP contribution in [0.5, 0.6) is 0 Å². The van der Waals surface area contributed by atoms with Gasteiger partial charge in [-0.25, -0.2) is 4.79 Å². The fraction of sp³-hybridized carbons (Fsp3) is 0.391. The van der Waals surface area contributed by atoms with Gasteiger partial charge in [0, 0.05) is 12.0 Å². The van der Waals surface area contributed by atoms with Crippen LogP contribution in [0.15, 0.2) is 42.5 Å². The van der Waals surface area contributed by atoms with Crippen LogP contribution in [0.1, 0.15) is 46.5 Å². The average molecular weight is 447 g/mol. The van der Waals surface area contributed by atoms with Crippen molar-refractivity contribution in [2.24, 2.45) is 0 Å². The van der Waals surface area contributed by atoms with Crippen molar-refractivity contribution in [1.29, 1.82) is 0 Å². The van der Waals surface area contributed by atoms with E-state index in [0.717, 1.165) is 16.7 Å². The first kappa shape index (κ1) is 24.8. The largest absolute Gasteiger partial charge is 0.480 e. The Labute approximate surface area is 183 Å². The van der Waals surface area contributed by atoms with Crippen LogP contribution < -0.4 is 5.32 Å². The molecule has 7 nitrogen and oxygen atoms in total. The number of nitrogens with one attached hydrogen (secondary N) is 1. The molecule has 0 saturated carbocycles. The second kappa shape index (κ2) is 11.2. The molecule has 168 valence electrons. The van der Waals surface area contributed by atoms with Gasteiger partial charge < -0.3 is 19.5 Å². The van der Waals surface area contributed by atoms with Crippen molar-refractivity contribution in [2.75, 3.05) is 13.2 Å². The zero-order valence-electron chi connectivity index (χ0n) is 18.4. The van der Waals surface area contributed by atoms with Gasteiger partial charge in [-0.2, -0.15) is 0 Å². The standard InChI is InChI=1S/C23H30NO6P/c1-5-29-31(28,30-6-2)15-18-10-12-19(13-11-18)22(25)24-21(23(26)27)14-20-16(3)8-7-9-17(20)4/h7-13,21H,5-6,14-15H2,1-4H3,(H,24,25)(H,26,27)/t21-/m1/s1. The van der Waals surface area contributed by atoms with Gasteiger partial charge in [-0.1, -0.05) is 30.3 Å². The molecule has 0 radical (unpaired) electrons. The summed E-state index contributed by atoms with van der Waals surface area (Å²) in [5.74, 6) is -1.58. The number of carboxylic acids is 1. The number of aryl methyl sites for hydroxylation is 2. The van der Waals surface area contributed by atoms with E-state index in [9.17, 15) is 19.3 Å². The normalized spacial score (nSPS) is 12.4. The van der Waals surface area contributed by atoms with Gasteiger partial charge in [0.25, 0.3) is 5.91 Å². The van der Waals surface area contributed by atoms with E-state index < -0.39 is 25.5 Å². The highest BCUT2D eigenvalue weighted by Gasteiger charge is 2.25. The Morgan fingerprint density at radius 1 is 1.00 bits per heavy atom. The highest BCUT2D eigenvalue weighted by Crippen LogP contribution is 2.51. The van der Waals surface area contributed by atoms with E-state index in [1.165, 1.54) is 0 Å². The van der Waals surface area contributed by atoms with Crippen molar-refractivity contribution in [2.45, 2.75) is 46.3 Å². The molecule has 2 aromatic rings. The highest BCUT2D eigenvalue weighted by atomic mass is 31.2. The van der Waals surface area contributed by atoms with Crippen molar-refractivity contribution in [3.63, 3.8) is 0 Å². The van der Waals surface area contributed by atoms with Gasteiger partial charge in [0.2, 0.25) is 0 Å². The molecule has 0 spiro atoms. The molecule has 1 amide bonds. The molecule has 2 aromatic carbocycles. The Morgan fingerprint density at radius 2 is 1.55 bits per heavy atom. The lowest BCUT2D eigenvalue weighted by atomic mass is 9.96. The zero-order chi connectivity index (χ0) is 23.0. The van der Waals surface area contributed by atoms with Crippen molar-refractivity contribution in [3.05, 3.63) is 70.3 Å². The first-order chi connectivity index (χ1) is 14.7. The fourth-order valence-electron chi connectivity index (χ4n) is 3.32. The first-order valence-electron chi connectivity index (χ1n) is 10.2. The maximum Gasteiger partial charge on any atom is 0.335 e. The summed E-state index contributed by atoms with van der Waals surface area (Å²) in [6.07, 6.45) is 0.296. The topological polar surface area (TPSA) is 102 Å². The Morgan fingerprint density at radius 3 is 2.03 bits per heavy atom. The molecule has 0 bridgehead atoms. The quantitative estimate of drug-likeness (QED) is 0.492. The van der Waals surface area contributed by atoms with Crippen molar-refractivity contribution >= 4 is 19.5 Å². The van der Waals surface area contributed by atoms with Crippen LogP contribution in [-0.2, 0) is 31.0 Å². The lowest BCUT2D eigenvalue weighted by Crippen LogP contribution is -2.42. The number of carbonyl (C=O) groups excluding carboxylic acids is 1. The number of carbonyl (C=O) groups is 2. The van der Waals surface area contributed by atoms with Crippen molar-refractivity contribution < 1.29 is 28.3 Å². The predicted octanol–water partition coefficient (Wildman–Crippen LogP) is 4.50. The molecule has 0 aliphatic carbocycles. The summed E-state index contributed by atoms with van der Waals surface area (Å²) in [7, 11) is -3.24. The first-order valence-corrected chi connectivity index (χ1v) is 12.0. The third-order valence-corrected chi connectivity index (χ3v) is 6.96. The van der Waals surface area contributed by atoms with E-state index >= 15 is 0 Å². The molecule has 0 saturated heterocycles. The molecule has 0 fully saturated rings. The Balaban J connectivity index is 2.11. The number of carboxylic acid groups (broad SMARTS) is 1. The van der Waals surface area contributed by atoms with Crippen LogP contribution in [0.4, 0.5) is 0 Å². The monoisotopic (exact) mass is 447 g/mol. The van der Waals surface area contributed by atoms with Crippen LogP contribution in [0.2, 0.25) is 0 Å². The molecule has 0 heterocycles. The van der Waals surface area contributed by atoms with E-state index in [1.807, 2.05) is 32.0 Å². The van der Waals surface area contributed by atoms with Gasteiger partial charge in [0.05, 0.1) is 19.4 Å². The van der Waals surface area contributed by atoms with Gasteiger partial charge in [-0.05, 0) is 62.1 Å². The number of hydrogen-bond donors (Lipinski definition) is 2. The molecule has 31 heavy (non-hydrogen) atoms. The minimum Gasteiger partial charge on any atom is -0.480 e. The number of rotatable bonds is 11. The maximum absolute atomic E-state index is 12.7. The van der Waals surface area contributed by atoms with Crippen LogP contribution in [0, 0.1) is 13.8 Å². The molecule has 2 N–H and O–H groups in total. The second-order valence-corrected chi connectivity index (χ2v) is 9.29. The number of hydrogen-bond acceptors (Lipinski definition) is 5. The fourth-order valence-corrected chi connectivity index (χ4v) is 5.03. The number of benzene rings is 2. The van der Waals surface area contributed by atoms with Gasteiger partial charge in [0.1, 0.15) is 6.04 Å². The molecular formula is C23H30NO6P. The molecular weight excluding hydrogens is 417 g/mol. The lowest BCUT2D eigenvalue weighted by molar-refractivity contribution is -0.139. The minimum absolute atomic E-state index is 0.0981. The summed E-state index contributed by atoms with van der Waals surface area (Å²) in [6, 6.07) is 11.2. The molecule has 1 atom stereocenters. The summed E-state index contributed by atoms with van der Waals surface area (Å²) >= 11 is 0. The van der Waals surface area contributed by atoms with Gasteiger partial charge in [-0.15, -0.1) is 0 Å². The van der Waals surface area contributed by atoms with E-state index in [4.69, 9.17) is 9.05 Å². The van der Waals surface area contributed by atoms with Crippen molar-refractivity contribution in [3.8, 4) is 0 Å². The Bertz CT molecular complexity index is 927. The Kier molecular flexibility index (Phi) is 8.99. The minimum atomic E-state index is -3.24. The average Bonchev–Trinajstić information content (AvgIpc) is 2.70. The van der Waals surface area contributed by atoms with E-state index in [1.54, 1.807) is 38.1 Å². The van der Waals surface area contributed by atoms with E-state index in [2.05, 4.69) is 5.32 Å². The third kappa shape index (κ3) is 7.03. The summed E-state index contributed by atoms with van der Waals surface area (Å²) in [6.45, 7) is 7.88. The lowest BCUT2D eigenvalue weighted by Gasteiger charge is -2.18. The van der Waals surface area contributed by atoms with Gasteiger partial charge in [0.15, 0.2) is 0 Å². The summed E-state index contributed by atoms with van der Waals surface area (Å²) in [4.78, 5) is 24.4. The summed E-state index contributed by atoms with van der Waals surface area (Å²) in [5, 5.41) is 12.2. The number of aliphatic carboxylic acids is 1. The number of amides is 1. The SMILES string of the molecule is CCOP(=O)(Cc1ccc(C(=O)N[C@H](Cc2c(C)cccc2C)C(=O)O)cc1)OCC. The summed E-state index contributed by atoms with van der Waals surface area (Å²) in [5.41, 5.74) is 3.90. The summed E-state index contributed by atoms with van der Waals surface area (Å²) < 4.78 is 23.3. The van der Waals surface area contributed by atoms with Crippen LogP contribution in [-0.4, -0.2) is 36.2 Å². The molecule has 0 aromatic heterocycles. The molecule has 8 heteroatoms. The highest BCUT2D eigenvalue weighted by molar-refractivity contribution is 7.53. The van der Waals surface area contributed by atoms with E-state index in [-0.39, 0.29) is 25.8 Å². The van der Waals surface area contributed by atoms with E-state index in [0.29, 0.717) is 11.1 Å². The van der Waals surface area contributed by atoms with Gasteiger partial charge in [-0.3, -0.25) is 9.36 Å². The second-order valence-electron chi connectivity index (χ2n) is 7.24.